The molecule has 0 fully saturated rings. The third-order valence-corrected chi connectivity index (χ3v) is 5.01. The first-order chi connectivity index (χ1) is 12.5. The van der Waals surface area contributed by atoms with Gasteiger partial charge in [-0.3, -0.25) is 4.99 Å². The number of rotatable bonds is 5. The Balaban J connectivity index is 2.15. The molecule has 1 aliphatic heterocycles. The number of nitrogens with one attached hydrogen (secondary N) is 1. The van der Waals surface area contributed by atoms with Crippen molar-refractivity contribution >= 4 is 43.7 Å². The van der Waals surface area contributed by atoms with Crippen molar-refractivity contribution in [3.05, 3.63) is 69.5 Å². The van der Waals surface area contributed by atoms with Crippen molar-refractivity contribution in [2.75, 3.05) is 11.9 Å². The van der Waals surface area contributed by atoms with Crippen LogP contribution in [0, 0.1) is 5.82 Å². The molecule has 26 heavy (non-hydrogen) atoms. The maximum absolute atomic E-state index is 13.5. The van der Waals surface area contributed by atoms with Crippen LogP contribution in [-0.4, -0.2) is 23.7 Å². The van der Waals surface area contributed by atoms with E-state index in [0.717, 1.165) is 0 Å². The number of aliphatic imine (C=N–C) groups is 1. The Labute approximate surface area is 166 Å². The van der Waals surface area contributed by atoms with E-state index < -0.39 is 12.0 Å². The van der Waals surface area contributed by atoms with Gasteiger partial charge in [0.25, 0.3) is 0 Å². The lowest BCUT2D eigenvalue weighted by atomic mass is 9.96. The summed E-state index contributed by atoms with van der Waals surface area (Å²) in [7, 11) is 0. The summed E-state index contributed by atoms with van der Waals surface area (Å²) in [4.78, 5) is 17.2. The van der Waals surface area contributed by atoms with Crippen molar-refractivity contribution in [3.8, 4) is 0 Å². The molecule has 0 spiro atoms. The van der Waals surface area contributed by atoms with E-state index in [9.17, 15) is 9.18 Å². The Bertz CT molecular complexity index is 879. The molecule has 0 amide bonds. The number of ether oxygens (including phenoxy) is 1. The molecule has 0 saturated carbocycles. The van der Waals surface area contributed by atoms with Crippen LogP contribution >= 0.6 is 31.9 Å². The van der Waals surface area contributed by atoms with Gasteiger partial charge in [-0.2, -0.15) is 0 Å². The fourth-order valence-electron chi connectivity index (χ4n) is 2.64. The first-order valence-corrected chi connectivity index (χ1v) is 9.76. The number of furan rings is 1. The van der Waals surface area contributed by atoms with E-state index in [1.165, 1.54) is 12.1 Å². The number of amidine groups is 1. The van der Waals surface area contributed by atoms with Crippen LogP contribution in [0.15, 0.2) is 61.7 Å². The maximum atomic E-state index is 13.5. The molecule has 1 unspecified atom stereocenters. The molecule has 2 heterocycles. The van der Waals surface area contributed by atoms with Crippen molar-refractivity contribution in [2.45, 2.75) is 13.0 Å². The predicted octanol–water partition coefficient (Wildman–Crippen LogP) is 4.48. The molecule has 0 bridgehead atoms. The van der Waals surface area contributed by atoms with Gasteiger partial charge in [0.1, 0.15) is 11.9 Å². The minimum Gasteiger partial charge on any atom is -0.463 e. The van der Waals surface area contributed by atoms with Crippen LogP contribution in [0.25, 0.3) is 0 Å². The number of allylic oxidation sites excluding steroid dienone is 1. The Morgan fingerprint density at radius 3 is 2.85 bits per heavy atom. The average Bonchev–Trinajstić information content (AvgIpc) is 3.15. The summed E-state index contributed by atoms with van der Waals surface area (Å²) < 4.78 is 24.7. The normalized spacial score (nSPS) is 16.9. The second-order valence-corrected chi connectivity index (χ2v) is 6.81. The zero-order valence-corrected chi connectivity index (χ0v) is 16.9. The molecule has 8 heteroatoms. The molecule has 1 aromatic heterocycles. The molecule has 2 aromatic rings. The van der Waals surface area contributed by atoms with E-state index in [-0.39, 0.29) is 12.4 Å². The number of nitrogens with zero attached hydrogens (tertiary/aromatic N) is 1. The third kappa shape index (κ3) is 3.76. The van der Waals surface area contributed by atoms with Crippen molar-refractivity contribution in [1.82, 2.24) is 5.32 Å². The molecule has 5 nitrogen and oxygen atoms in total. The van der Waals surface area contributed by atoms with Crippen LogP contribution < -0.4 is 5.32 Å². The minimum absolute atomic E-state index is 0.240. The number of hydrogen-bond donors (Lipinski definition) is 1. The predicted molar refractivity (Wildman–Crippen MR) is 103 cm³/mol. The van der Waals surface area contributed by atoms with E-state index in [2.05, 4.69) is 42.2 Å². The highest BCUT2D eigenvalue weighted by atomic mass is 79.9. The number of alkyl halides is 1. The first kappa shape index (κ1) is 18.8. The van der Waals surface area contributed by atoms with E-state index >= 15 is 0 Å². The topological polar surface area (TPSA) is 63.8 Å². The van der Waals surface area contributed by atoms with E-state index in [0.29, 0.717) is 38.2 Å². The average molecular weight is 486 g/mol. The fraction of sp³-hybridized carbons (Fsp3) is 0.222. The molecule has 1 atom stereocenters. The molecule has 0 radical (unpaired) electrons. The van der Waals surface area contributed by atoms with Gasteiger partial charge in [-0.1, -0.05) is 37.9 Å². The summed E-state index contributed by atoms with van der Waals surface area (Å²) in [6, 6.07) is 7.13. The zero-order valence-electron chi connectivity index (χ0n) is 13.8. The third-order valence-electron chi connectivity index (χ3n) is 3.77. The molecule has 0 saturated heterocycles. The number of halogens is 3. The van der Waals surface area contributed by atoms with Gasteiger partial charge in [0.2, 0.25) is 0 Å². The first-order valence-electron chi connectivity index (χ1n) is 7.85. The number of benzene rings is 1. The molecule has 1 aromatic carbocycles. The highest BCUT2D eigenvalue weighted by Crippen LogP contribution is 2.36. The lowest BCUT2D eigenvalue weighted by Crippen LogP contribution is -2.34. The van der Waals surface area contributed by atoms with Crippen molar-refractivity contribution in [2.24, 2.45) is 4.99 Å². The van der Waals surface area contributed by atoms with Gasteiger partial charge in [-0.15, -0.1) is 0 Å². The molecule has 3 rings (SSSR count). The summed E-state index contributed by atoms with van der Waals surface area (Å²) >= 11 is 6.78. The highest BCUT2D eigenvalue weighted by Gasteiger charge is 2.33. The van der Waals surface area contributed by atoms with Crippen LogP contribution in [0.2, 0.25) is 0 Å². The quantitative estimate of drug-likeness (QED) is 0.500. The van der Waals surface area contributed by atoms with Gasteiger partial charge in [0.15, 0.2) is 11.6 Å². The second-order valence-electron chi connectivity index (χ2n) is 5.39. The van der Waals surface area contributed by atoms with Crippen molar-refractivity contribution in [3.63, 3.8) is 0 Å². The Kier molecular flexibility index (Phi) is 5.93. The summed E-state index contributed by atoms with van der Waals surface area (Å²) in [6.45, 7) is 1.98. The second kappa shape index (κ2) is 8.18. The summed E-state index contributed by atoms with van der Waals surface area (Å²) in [5.74, 6) is 0.165. The number of carbonyl (C=O) groups is 1. The Hall–Kier alpha value is -1.93. The largest absolute Gasteiger partial charge is 0.463 e. The van der Waals surface area contributed by atoms with Gasteiger partial charge < -0.3 is 14.5 Å². The van der Waals surface area contributed by atoms with Gasteiger partial charge >= 0.3 is 5.97 Å². The fourth-order valence-corrected chi connectivity index (χ4v) is 3.65. The standard InChI is InChI=1S/C18H15Br2FN2O3/c1-2-25-18(24)15-13(9-19)22-17(14-4-3-7-26-14)23-16(15)11-6-5-10(21)8-12(11)20/h3-8,16H,2,9H2,1H3,(H,22,23). The Morgan fingerprint density at radius 1 is 1.42 bits per heavy atom. The van der Waals surface area contributed by atoms with Gasteiger partial charge in [-0.25, -0.2) is 9.18 Å². The monoisotopic (exact) mass is 484 g/mol. The maximum Gasteiger partial charge on any atom is 0.338 e. The molecule has 0 aliphatic carbocycles. The lowest BCUT2D eigenvalue weighted by molar-refractivity contribution is -0.138. The van der Waals surface area contributed by atoms with Crippen LogP contribution in [0.1, 0.15) is 24.3 Å². The van der Waals surface area contributed by atoms with Crippen LogP contribution in [0.5, 0.6) is 0 Å². The van der Waals surface area contributed by atoms with Crippen molar-refractivity contribution in [1.29, 1.82) is 0 Å². The molecule has 1 N–H and O–H groups in total. The smallest absolute Gasteiger partial charge is 0.338 e. The van der Waals surface area contributed by atoms with Crippen molar-refractivity contribution < 1.29 is 18.3 Å². The molecular weight excluding hydrogens is 471 g/mol. The molecular formula is C18H15Br2FN2O3. The van der Waals surface area contributed by atoms with Crippen LogP contribution in [0.3, 0.4) is 0 Å². The number of hydrogen-bond acceptors (Lipinski definition) is 5. The van der Waals surface area contributed by atoms with E-state index in [1.807, 2.05) is 0 Å². The van der Waals surface area contributed by atoms with Crippen LogP contribution in [-0.2, 0) is 9.53 Å². The molecule has 136 valence electrons. The van der Waals surface area contributed by atoms with Gasteiger partial charge in [0, 0.05) is 15.5 Å². The zero-order chi connectivity index (χ0) is 18.7. The van der Waals surface area contributed by atoms with E-state index in [1.54, 1.807) is 31.4 Å². The van der Waals surface area contributed by atoms with Gasteiger partial charge in [-0.05, 0) is 36.8 Å². The minimum atomic E-state index is -0.669. The summed E-state index contributed by atoms with van der Waals surface area (Å²) in [5.41, 5.74) is 1.64. The SMILES string of the molecule is CCOC(=O)C1=C(CBr)NC(c2ccco2)=NC1c1ccc(F)cc1Br. The van der Waals surface area contributed by atoms with Gasteiger partial charge in [0.05, 0.1) is 18.4 Å². The summed E-state index contributed by atoms with van der Waals surface area (Å²) in [5, 5.41) is 3.51. The lowest BCUT2D eigenvalue weighted by Gasteiger charge is -2.26. The Morgan fingerprint density at radius 2 is 2.23 bits per heavy atom. The van der Waals surface area contributed by atoms with E-state index in [4.69, 9.17) is 9.15 Å². The number of esters is 1. The summed E-state index contributed by atoms with van der Waals surface area (Å²) in [6.07, 6.45) is 1.54. The van der Waals surface area contributed by atoms with Crippen LogP contribution in [0.4, 0.5) is 4.39 Å². The highest BCUT2D eigenvalue weighted by molar-refractivity contribution is 9.10. The number of carbonyl (C=O) groups excluding carboxylic acids is 1. The molecule has 1 aliphatic rings.